The maximum absolute atomic E-state index is 12.0. The lowest BCUT2D eigenvalue weighted by Crippen LogP contribution is -2.29. The first-order valence-corrected chi connectivity index (χ1v) is 8.96. The van der Waals surface area contributed by atoms with Crippen LogP contribution in [-0.4, -0.2) is 44.1 Å². The summed E-state index contributed by atoms with van der Waals surface area (Å²) < 4.78 is 6.94. The van der Waals surface area contributed by atoms with Gasteiger partial charge in [0.1, 0.15) is 11.6 Å². The highest BCUT2D eigenvalue weighted by atomic mass is 16.5. The van der Waals surface area contributed by atoms with Crippen LogP contribution in [0.4, 0.5) is 5.82 Å². The summed E-state index contributed by atoms with van der Waals surface area (Å²) >= 11 is 0. The highest BCUT2D eigenvalue weighted by Gasteiger charge is 2.28. The Morgan fingerprint density at radius 1 is 1.22 bits per heavy atom. The number of amides is 1. The summed E-state index contributed by atoms with van der Waals surface area (Å²) in [6, 6.07) is 7.39. The van der Waals surface area contributed by atoms with Gasteiger partial charge in [0.15, 0.2) is 11.5 Å². The van der Waals surface area contributed by atoms with Crippen molar-refractivity contribution in [3.63, 3.8) is 0 Å². The van der Waals surface area contributed by atoms with Gasteiger partial charge in [-0.3, -0.25) is 4.79 Å². The van der Waals surface area contributed by atoms with E-state index in [2.05, 4.69) is 31.1 Å². The summed E-state index contributed by atoms with van der Waals surface area (Å²) in [6.45, 7) is 4.87. The van der Waals surface area contributed by atoms with Gasteiger partial charge in [0, 0.05) is 30.8 Å². The van der Waals surface area contributed by atoms with Gasteiger partial charge in [-0.05, 0) is 44.9 Å². The molecule has 0 atom stereocenters. The molecule has 1 fully saturated rings. The summed E-state index contributed by atoms with van der Waals surface area (Å²) in [5, 5.41) is 22.5. The Hall–Kier alpha value is -3.23. The van der Waals surface area contributed by atoms with Crippen molar-refractivity contribution in [2.45, 2.75) is 32.6 Å². The SMILES string of the molecule is Cc1cc(C)n(-c2ccc(NCCNC(=O)c3cc(C4CC4)on3)nn2)n1. The molecule has 3 aromatic rings. The van der Waals surface area contributed by atoms with Crippen molar-refractivity contribution >= 4 is 11.7 Å². The zero-order valence-corrected chi connectivity index (χ0v) is 15.3. The second-order valence-electron chi connectivity index (χ2n) is 6.69. The quantitative estimate of drug-likeness (QED) is 0.614. The molecule has 1 aliphatic rings. The van der Waals surface area contributed by atoms with Crippen LogP contribution in [0.2, 0.25) is 0 Å². The lowest BCUT2D eigenvalue weighted by molar-refractivity contribution is 0.0946. The average Bonchev–Trinajstić information content (AvgIpc) is 3.29. The van der Waals surface area contributed by atoms with Gasteiger partial charge >= 0.3 is 0 Å². The van der Waals surface area contributed by atoms with E-state index in [0.29, 0.717) is 36.3 Å². The number of aryl methyl sites for hydroxylation is 2. The smallest absolute Gasteiger partial charge is 0.273 e. The fourth-order valence-electron chi connectivity index (χ4n) is 2.81. The minimum Gasteiger partial charge on any atom is -0.367 e. The molecule has 0 radical (unpaired) electrons. The van der Waals surface area contributed by atoms with Crippen LogP contribution in [0, 0.1) is 13.8 Å². The standard InChI is InChI=1S/C18H21N7O2/c1-11-9-12(2)25(23-11)17-6-5-16(21-22-17)19-7-8-20-18(26)14-10-15(27-24-14)13-3-4-13/h5-6,9-10,13H,3-4,7-8H2,1-2H3,(H,19,21)(H,20,26). The number of hydrogen-bond acceptors (Lipinski definition) is 7. The monoisotopic (exact) mass is 367 g/mol. The first kappa shape index (κ1) is 17.2. The second-order valence-corrected chi connectivity index (χ2v) is 6.69. The maximum Gasteiger partial charge on any atom is 0.273 e. The Bertz CT molecular complexity index is 941. The number of rotatable bonds is 7. The fourth-order valence-corrected chi connectivity index (χ4v) is 2.81. The molecule has 2 N–H and O–H groups in total. The highest BCUT2D eigenvalue weighted by Crippen LogP contribution is 2.40. The van der Waals surface area contributed by atoms with Crippen LogP contribution >= 0.6 is 0 Å². The molecule has 1 saturated carbocycles. The number of hydrogen-bond donors (Lipinski definition) is 2. The molecule has 3 heterocycles. The van der Waals surface area contributed by atoms with E-state index in [1.165, 1.54) is 0 Å². The van der Waals surface area contributed by atoms with Crippen LogP contribution in [0.25, 0.3) is 5.82 Å². The molecule has 9 nitrogen and oxygen atoms in total. The van der Waals surface area contributed by atoms with Gasteiger partial charge in [-0.1, -0.05) is 5.16 Å². The van der Waals surface area contributed by atoms with Gasteiger partial charge in [-0.2, -0.15) is 5.10 Å². The van der Waals surface area contributed by atoms with Crippen LogP contribution in [0.3, 0.4) is 0 Å². The topological polar surface area (TPSA) is 111 Å². The van der Waals surface area contributed by atoms with Gasteiger partial charge in [0.2, 0.25) is 0 Å². The first-order valence-electron chi connectivity index (χ1n) is 8.96. The molecule has 0 aromatic carbocycles. The Morgan fingerprint density at radius 3 is 2.74 bits per heavy atom. The fraction of sp³-hybridized carbons (Fsp3) is 0.389. The molecular formula is C18H21N7O2. The van der Waals surface area contributed by atoms with Crippen molar-refractivity contribution in [3.05, 3.63) is 47.1 Å². The molecule has 0 bridgehead atoms. The number of nitrogens with one attached hydrogen (secondary N) is 2. The van der Waals surface area contributed by atoms with Crippen molar-refractivity contribution < 1.29 is 9.32 Å². The molecule has 1 aliphatic carbocycles. The van der Waals surface area contributed by atoms with Crippen LogP contribution in [-0.2, 0) is 0 Å². The van der Waals surface area contributed by atoms with Crippen LogP contribution in [0.1, 0.15) is 46.4 Å². The van der Waals surface area contributed by atoms with E-state index in [4.69, 9.17) is 4.52 Å². The van der Waals surface area contributed by atoms with Crippen molar-refractivity contribution in [3.8, 4) is 5.82 Å². The van der Waals surface area contributed by atoms with Crippen molar-refractivity contribution in [1.82, 2.24) is 30.5 Å². The molecule has 9 heteroatoms. The third-order valence-corrected chi connectivity index (χ3v) is 4.33. The van der Waals surface area contributed by atoms with Gasteiger partial charge in [-0.25, -0.2) is 4.68 Å². The average molecular weight is 367 g/mol. The normalized spacial score (nSPS) is 13.6. The van der Waals surface area contributed by atoms with E-state index < -0.39 is 0 Å². The van der Waals surface area contributed by atoms with Crippen molar-refractivity contribution in [2.75, 3.05) is 18.4 Å². The molecule has 0 aliphatic heterocycles. The summed E-state index contributed by atoms with van der Waals surface area (Å²) in [4.78, 5) is 12.0. The summed E-state index contributed by atoms with van der Waals surface area (Å²) in [5.41, 5.74) is 2.26. The van der Waals surface area contributed by atoms with Gasteiger partial charge < -0.3 is 15.2 Å². The van der Waals surface area contributed by atoms with E-state index in [-0.39, 0.29) is 5.91 Å². The van der Waals surface area contributed by atoms with Crippen LogP contribution < -0.4 is 10.6 Å². The van der Waals surface area contributed by atoms with Gasteiger partial charge in [0.05, 0.1) is 5.69 Å². The van der Waals surface area contributed by atoms with E-state index in [9.17, 15) is 4.79 Å². The molecule has 0 saturated heterocycles. The molecule has 3 aromatic heterocycles. The van der Waals surface area contributed by atoms with E-state index >= 15 is 0 Å². The lowest BCUT2D eigenvalue weighted by atomic mass is 10.3. The molecule has 0 unspecified atom stereocenters. The third kappa shape index (κ3) is 3.97. The Labute approximate surface area is 156 Å². The molecule has 27 heavy (non-hydrogen) atoms. The summed E-state index contributed by atoms with van der Waals surface area (Å²) in [5.74, 6) is 2.30. The Kier molecular flexibility index (Phi) is 4.57. The minimum atomic E-state index is -0.238. The van der Waals surface area contributed by atoms with Crippen molar-refractivity contribution in [1.29, 1.82) is 0 Å². The Morgan fingerprint density at radius 2 is 2.07 bits per heavy atom. The molecule has 0 spiro atoms. The number of aromatic nitrogens is 5. The van der Waals surface area contributed by atoms with Crippen molar-refractivity contribution in [2.24, 2.45) is 0 Å². The lowest BCUT2D eigenvalue weighted by Gasteiger charge is -2.07. The van der Waals surface area contributed by atoms with E-state index in [1.54, 1.807) is 10.7 Å². The van der Waals surface area contributed by atoms with E-state index in [1.807, 2.05) is 32.0 Å². The van der Waals surface area contributed by atoms with E-state index in [0.717, 1.165) is 30.0 Å². The minimum absolute atomic E-state index is 0.238. The predicted molar refractivity (Wildman–Crippen MR) is 97.9 cm³/mol. The second kappa shape index (κ2) is 7.18. The summed E-state index contributed by atoms with van der Waals surface area (Å²) in [6.07, 6.45) is 2.22. The number of nitrogens with zero attached hydrogens (tertiary/aromatic N) is 5. The molecule has 4 rings (SSSR count). The molecular weight excluding hydrogens is 346 g/mol. The zero-order valence-electron chi connectivity index (χ0n) is 15.3. The van der Waals surface area contributed by atoms with Crippen LogP contribution in [0.5, 0.6) is 0 Å². The van der Waals surface area contributed by atoms with Crippen LogP contribution in [0.15, 0.2) is 28.8 Å². The first-order chi connectivity index (χ1) is 13.1. The number of anilines is 1. The zero-order chi connectivity index (χ0) is 18.8. The van der Waals surface area contributed by atoms with Gasteiger partial charge in [0.25, 0.3) is 5.91 Å². The maximum atomic E-state index is 12.0. The number of carbonyl (C=O) groups is 1. The summed E-state index contributed by atoms with van der Waals surface area (Å²) in [7, 11) is 0. The predicted octanol–water partition coefficient (Wildman–Crippen LogP) is 1.99. The third-order valence-electron chi connectivity index (χ3n) is 4.33. The molecule has 140 valence electrons. The highest BCUT2D eigenvalue weighted by molar-refractivity contribution is 5.92. The Balaban J connectivity index is 1.25. The largest absolute Gasteiger partial charge is 0.367 e. The number of carbonyl (C=O) groups excluding carboxylic acids is 1. The van der Waals surface area contributed by atoms with Gasteiger partial charge in [-0.15, -0.1) is 10.2 Å². The molecule has 1 amide bonds.